The Morgan fingerprint density at radius 2 is 1.53 bits per heavy atom. The predicted molar refractivity (Wildman–Crippen MR) is 179 cm³/mol. The molecule has 4 nitrogen and oxygen atoms in total. The maximum atomic E-state index is 7.64. The van der Waals surface area contributed by atoms with E-state index in [1.807, 2.05) is 66.9 Å². The first kappa shape index (κ1) is 28.1. The molecule has 0 atom stereocenters. The number of benzene rings is 3. The van der Waals surface area contributed by atoms with Gasteiger partial charge in [-0.1, -0.05) is 79.7 Å². The third-order valence-electron chi connectivity index (χ3n) is 7.55. The zero-order valence-electron chi connectivity index (χ0n) is 28.5. The Labute approximate surface area is 283 Å². The van der Waals surface area contributed by atoms with Crippen LogP contribution >= 0.6 is 0 Å². The van der Waals surface area contributed by atoms with Gasteiger partial charge in [-0.25, -0.2) is 4.98 Å². The summed E-state index contributed by atoms with van der Waals surface area (Å²) in [6, 6.07) is 40.1. The van der Waals surface area contributed by atoms with Crippen LogP contribution in [0.1, 0.15) is 47.3 Å². The van der Waals surface area contributed by atoms with E-state index in [2.05, 4.69) is 78.2 Å². The van der Waals surface area contributed by atoms with Crippen LogP contribution in [0.4, 0.5) is 0 Å². The van der Waals surface area contributed by atoms with Gasteiger partial charge in [0.1, 0.15) is 0 Å². The Morgan fingerprint density at radius 3 is 2.27 bits per heavy atom. The maximum absolute atomic E-state index is 7.64. The summed E-state index contributed by atoms with van der Waals surface area (Å²) in [6.07, 6.45) is 5.43. The van der Waals surface area contributed by atoms with Crippen molar-refractivity contribution in [2.24, 2.45) is 0 Å². The van der Waals surface area contributed by atoms with E-state index in [4.69, 9.17) is 8.53 Å². The Kier molecular flexibility index (Phi) is 8.80. The molecule has 0 aliphatic rings. The minimum Gasteiger partial charge on any atom is -0.486 e. The van der Waals surface area contributed by atoms with Crippen LogP contribution in [0.15, 0.2) is 120 Å². The first-order valence-corrected chi connectivity index (χ1v) is 14.7. The van der Waals surface area contributed by atoms with E-state index in [-0.39, 0.29) is 31.2 Å². The summed E-state index contributed by atoms with van der Waals surface area (Å²) in [5.74, 6) is 0. The zero-order chi connectivity index (χ0) is 33.0. The van der Waals surface area contributed by atoms with Gasteiger partial charge in [-0.3, -0.25) is 0 Å². The van der Waals surface area contributed by atoms with Gasteiger partial charge in [0.05, 0.1) is 5.58 Å². The molecule has 45 heavy (non-hydrogen) atoms. The Hall–Kier alpha value is -4.44. The molecule has 0 N–H and O–H groups in total. The van der Waals surface area contributed by atoms with Crippen molar-refractivity contribution >= 4 is 22.1 Å². The van der Waals surface area contributed by atoms with Crippen molar-refractivity contribution in [1.82, 2.24) is 15.0 Å². The van der Waals surface area contributed by atoms with Crippen molar-refractivity contribution in [2.45, 2.75) is 45.9 Å². The minimum atomic E-state index is -2.29. The van der Waals surface area contributed by atoms with Crippen LogP contribution in [0.3, 0.4) is 0 Å². The molecule has 0 unspecified atom stereocenters. The van der Waals surface area contributed by atoms with Gasteiger partial charge in [-0.2, -0.15) is 0 Å². The summed E-state index contributed by atoms with van der Waals surface area (Å²) in [6.45, 7) is 4.39. The molecule has 0 aliphatic carbocycles. The summed E-state index contributed by atoms with van der Waals surface area (Å²) < 4.78 is 29.0. The number of rotatable bonds is 5. The number of hydrogen-bond donors (Lipinski definition) is 0. The van der Waals surface area contributed by atoms with Crippen molar-refractivity contribution in [3.63, 3.8) is 0 Å². The molecule has 7 rings (SSSR count). The van der Waals surface area contributed by atoms with Gasteiger partial charge in [0.2, 0.25) is 5.71 Å². The zero-order valence-corrected chi connectivity index (χ0v) is 27.9. The summed E-state index contributed by atoms with van der Waals surface area (Å²) >= 11 is 0. The number of hydrogen-bond acceptors (Lipinski definition) is 4. The van der Waals surface area contributed by atoms with Crippen LogP contribution in [-0.2, 0) is 38.4 Å². The van der Waals surface area contributed by atoms with Crippen LogP contribution < -0.4 is 0 Å². The number of furan rings is 1. The maximum Gasteiger partial charge on any atom is 0.216 e. The molecule has 0 saturated heterocycles. The molecule has 4 aromatic heterocycles. The van der Waals surface area contributed by atoms with Crippen molar-refractivity contribution in [3.8, 4) is 22.5 Å². The number of pyridine rings is 3. The molecule has 4 heterocycles. The average molecular weight is 769 g/mol. The van der Waals surface area contributed by atoms with Gasteiger partial charge in [-0.05, 0) is 71.9 Å². The predicted octanol–water partition coefficient (Wildman–Crippen LogP) is 9.78. The second kappa shape index (κ2) is 14.1. The van der Waals surface area contributed by atoms with E-state index in [0.29, 0.717) is 11.3 Å². The van der Waals surface area contributed by atoms with E-state index in [1.54, 1.807) is 12.3 Å². The van der Waals surface area contributed by atoms with Crippen molar-refractivity contribution in [2.75, 3.05) is 0 Å². The van der Waals surface area contributed by atoms with Crippen molar-refractivity contribution < 1.29 is 28.6 Å². The molecule has 3 aromatic carbocycles. The van der Waals surface area contributed by atoms with Crippen molar-refractivity contribution in [1.29, 1.82) is 0 Å². The molecule has 227 valence electrons. The molecule has 0 saturated carbocycles. The molecule has 0 bridgehead atoms. The molecule has 5 heteroatoms. The number of aromatic nitrogens is 3. The Morgan fingerprint density at radius 1 is 0.733 bits per heavy atom. The molecular weight excluding hydrogens is 731 g/mol. The quantitative estimate of drug-likeness (QED) is 0.164. The number of fused-ring (bicyclic) bond motifs is 3. The first-order valence-electron chi connectivity index (χ1n) is 16.2. The van der Waals surface area contributed by atoms with Crippen LogP contribution in [0, 0.1) is 19.0 Å². The van der Waals surface area contributed by atoms with Crippen LogP contribution in [0.5, 0.6) is 0 Å². The van der Waals surface area contributed by atoms with E-state index in [0.717, 1.165) is 46.1 Å². The van der Waals surface area contributed by atoms with Gasteiger partial charge >= 0.3 is 0 Å². The molecular formula is C40H35IrN3O-2. The fourth-order valence-electron chi connectivity index (χ4n) is 5.11. The minimum absolute atomic E-state index is 0. The molecule has 1 radical (unpaired) electrons. The Bertz CT molecular complexity index is 2070. The van der Waals surface area contributed by atoms with E-state index < -0.39 is 6.85 Å². The number of aryl methyl sites for hydroxylation is 3. The molecule has 0 amide bonds. The van der Waals surface area contributed by atoms with E-state index in [9.17, 15) is 0 Å². The number of nitrogens with zero attached hydrogens (tertiary/aromatic N) is 3. The van der Waals surface area contributed by atoms with Crippen LogP contribution in [0.2, 0.25) is 0 Å². The summed E-state index contributed by atoms with van der Waals surface area (Å²) in [5, 5.41) is 1.64. The van der Waals surface area contributed by atoms with Gasteiger partial charge in [-0.15, -0.1) is 54.1 Å². The SMILES string of the molecule is [2H]C([2H])([2H])c1ccc2c(n1)oc1c(-c3cc(CCc4ccc(C(C)(C)C)cc4)ccn3)[c-]ccc12.[Ir].[c-]1ccccc1-c1ccccn1. The fraction of sp³-hybridized carbons (Fsp3) is 0.175. The Balaban J connectivity index is 0.000000291. The van der Waals surface area contributed by atoms with Gasteiger partial charge in [0.15, 0.2) is 0 Å². The smallest absolute Gasteiger partial charge is 0.216 e. The van der Waals surface area contributed by atoms with Gasteiger partial charge in [0.25, 0.3) is 0 Å². The third kappa shape index (κ3) is 7.62. The summed E-state index contributed by atoms with van der Waals surface area (Å²) in [7, 11) is 0. The van der Waals surface area contributed by atoms with Crippen LogP contribution in [0.25, 0.3) is 44.6 Å². The first-order chi connectivity index (χ1) is 22.6. The van der Waals surface area contributed by atoms with E-state index >= 15 is 0 Å². The van der Waals surface area contributed by atoms with Gasteiger partial charge < -0.3 is 14.4 Å². The second-order valence-corrected chi connectivity index (χ2v) is 11.7. The van der Waals surface area contributed by atoms with Crippen molar-refractivity contribution in [3.05, 3.63) is 150 Å². The molecule has 7 aromatic rings. The van der Waals surface area contributed by atoms with Crippen LogP contribution in [-0.4, -0.2) is 15.0 Å². The van der Waals surface area contributed by atoms with E-state index in [1.165, 1.54) is 22.8 Å². The molecule has 0 spiro atoms. The average Bonchev–Trinajstić information content (AvgIpc) is 3.46. The molecule has 0 aliphatic heterocycles. The van der Waals surface area contributed by atoms with Gasteiger partial charge in [0, 0.05) is 47.7 Å². The fourth-order valence-corrected chi connectivity index (χ4v) is 5.11. The second-order valence-electron chi connectivity index (χ2n) is 11.7. The standard InChI is InChI=1S/C29H27N2O.C11H8N.Ir/c1-19-8-15-24-23-6-5-7-25(27(23)32-28(24)31-19)26-18-21(16-17-30-26)10-9-20-11-13-22(14-12-20)29(2,3)4;1-2-6-10(7-3-1)11-8-4-5-9-12-11;/h5-6,8,11-18H,9-10H2,1-4H3;1-6,8-9H;/q2*-1;/i1D3;;. The normalized spacial score (nSPS) is 12.4. The molecule has 0 fully saturated rings. The third-order valence-corrected chi connectivity index (χ3v) is 7.55. The summed E-state index contributed by atoms with van der Waals surface area (Å²) in [4.78, 5) is 13.1. The summed E-state index contributed by atoms with van der Waals surface area (Å²) in [5.41, 5.74) is 8.43. The monoisotopic (exact) mass is 769 g/mol. The largest absolute Gasteiger partial charge is 0.486 e. The topological polar surface area (TPSA) is 51.8 Å².